The minimum atomic E-state index is -2.43. The monoisotopic (exact) mass is 280 g/mol. The first-order chi connectivity index (χ1) is 9.55. The lowest BCUT2D eigenvalue weighted by Gasteiger charge is -2.35. The van der Waals surface area contributed by atoms with Gasteiger partial charge in [-0.15, -0.1) is 0 Å². The molecule has 0 aromatic carbocycles. The van der Waals surface area contributed by atoms with Gasteiger partial charge in [-0.3, -0.25) is 0 Å². The number of nitrogens with zero attached hydrogens (tertiary/aromatic N) is 2. The number of hydrogen-bond acceptors (Lipinski definition) is 3. The fourth-order valence-electron chi connectivity index (χ4n) is 2.64. The molecular weight excluding hydrogens is 262 g/mol. The first kappa shape index (κ1) is 13.5. The summed E-state index contributed by atoms with van der Waals surface area (Å²) < 4.78 is 27.3. The molecule has 2 aromatic rings. The summed E-state index contributed by atoms with van der Waals surface area (Å²) in [6.45, 7) is 1.74. The molecule has 2 aromatic heterocycles. The van der Waals surface area contributed by atoms with Gasteiger partial charge < -0.3 is 15.5 Å². The van der Waals surface area contributed by atoms with Crippen LogP contribution in [0.3, 0.4) is 0 Å². The number of imidazole rings is 1. The van der Waals surface area contributed by atoms with Gasteiger partial charge in [0, 0.05) is 38.3 Å². The second-order valence-corrected chi connectivity index (χ2v) is 5.50. The molecule has 0 radical (unpaired) electrons. The Morgan fingerprint density at radius 1 is 1.35 bits per heavy atom. The lowest BCUT2D eigenvalue weighted by Crippen LogP contribution is -2.40. The Labute approximate surface area is 116 Å². The van der Waals surface area contributed by atoms with E-state index in [1.807, 2.05) is 28.9 Å². The van der Waals surface area contributed by atoms with Gasteiger partial charge in [0.15, 0.2) is 0 Å². The summed E-state index contributed by atoms with van der Waals surface area (Å²) in [7, 11) is 0. The van der Waals surface area contributed by atoms with Crippen molar-refractivity contribution in [1.29, 1.82) is 0 Å². The van der Waals surface area contributed by atoms with Crippen molar-refractivity contribution in [2.24, 2.45) is 11.7 Å². The summed E-state index contributed by atoms with van der Waals surface area (Å²) in [4.78, 5) is 4.35. The van der Waals surface area contributed by atoms with E-state index >= 15 is 0 Å². The molecular formula is C14H18F2N4. The second kappa shape index (κ2) is 5.10. The van der Waals surface area contributed by atoms with Gasteiger partial charge in [0.25, 0.3) is 0 Å². The lowest BCUT2D eigenvalue weighted by molar-refractivity contribution is -0.109. The van der Waals surface area contributed by atoms with Crippen molar-refractivity contribution in [2.45, 2.75) is 31.9 Å². The molecule has 4 nitrogen and oxygen atoms in total. The fourth-order valence-corrected chi connectivity index (χ4v) is 2.64. The van der Waals surface area contributed by atoms with Crippen molar-refractivity contribution < 1.29 is 8.78 Å². The van der Waals surface area contributed by atoms with Crippen LogP contribution in [0.2, 0.25) is 0 Å². The molecule has 6 heteroatoms. The number of halogens is 2. The number of pyridine rings is 1. The molecule has 1 fully saturated rings. The van der Waals surface area contributed by atoms with Gasteiger partial charge in [-0.1, -0.05) is 6.07 Å². The van der Waals surface area contributed by atoms with Crippen LogP contribution < -0.4 is 11.1 Å². The van der Waals surface area contributed by atoms with E-state index in [-0.39, 0.29) is 18.8 Å². The Bertz CT molecular complexity index is 600. The topological polar surface area (TPSA) is 55.4 Å². The summed E-state index contributed by atoms with van der Waals surface area (Å²) >= 11 is 0. The van der Waals surface area contributed by atoms with E-state index in [4.69, 9.17) is 5.73 Å². The molecule has 1 saturated carbocycles. The summed E-state index contributed by atoms with van der Waals surface area (Å²) in [5, 5.41) is 3.24. The first-order valence-corrected chi connectivity index (χ1v) is 6.81. The Morgan fingerprint density at radius 2 is 2.15 bits per heavy atom. The van der Waals surface area contributed by atoms with E-state index in [0.29, 0.717) is 19.6 Å². The zero-order valence-electron chi connectivity index (χ0n) is 11.1. The fraction of sp³-hybridized carbons (Fsp3) is 0.500. The molecule has 0 atom stereocenters. The van der Waals surface area contributed by atoms with Crippen LogP contribution in [-0.4, -0.2) is 21.9 Å². The number of nitrogens with one attached hydrogen (secondary N) is 1. The number of nitrogens with two attached hydrogens (primary N) is 1. The first-order valence-electron chi connectivity index (χ1n) is 6.81. The van der Waals surface area contributed by atoms with Crippen LogP contribution in [0.25, 0.3) is 5.65 Å². The van der Waals surface area contributed by atoms with Crippen LogP contribution in [0.1, 0.15) is 24.1 Å². The van der Waals surface area contributed by atoms with Gasteiger partial charge in [-0.2, -0.15) is 0 Å². The van der Waals surface area contributed by atoms with Crippen molar-refractivity contribution in [3.63, 3.8) is 0 Å². The maximum Gasteiger partial charge on any atom is 0.248 e. The molecule has 20 heavy (non-hydrogen) atoms. The summed E-state index contributed by atoms with van der Waals surface area (Å²) in [6, 6.07) is 3.93. The Kier molecular flexibility index (Phi) is 3.43. The Hall–Kier alpha value is -1.53. The number of hydrogen-bond donors (Lipinski definition) is 2. The van der Waals surface area contributed by atoms with Gasteiger partial charge in [0.05, 0.1) is 5.69 Å². The van der Waals surface area contributed by atoms with Crippen molar-refractivity contribution in [3.05, 3.63) is 35.8 Å². The van der Waals surface area contributed by atoms with Crippen LogP contribution in [-0.2, 0) is 13.1 Å². The second-order valence-electron chi connectivity index (χ2n) is 5.50. The van der Waals surface area contributed by atoms with Gasteiger partial charge in [-0.05, 0) is 24.1 Å². The molecule has 3 N–H and O–H groups in total. The average Bonchev–Trinajstić information content (AvgIpc) is 2.78. The summed E-state index contributed by atoms with van der Waals surface area (Å²) in [5.41, 5.74) is 8.38. The number of aromatic nitrogens is 2. The van der Waals surface area contributed by atoms with Crippen LogP contribution in [0.15, 0.2) is 24.5 Å². The molecule has 1 aliphatic rings. The predicted octanol–water partition coefficient (Wildman–Crippen LogP) is 1.93. The maximum absolute atomic E-state index is 12.7. The highest BCUT2D eigenvalue weighted by atomic mass is 19.3. The van der Waals surface area contributed by atoms with E-state index in [1.165, 1.54) is 0 Å². The number of rotatable bonds is 5. The Balaban J connectivity index is 1.55. The molecule has 0 aliphatic heterocycles. The van der Waals surface area contributed by atoms with E-state index in [0.717, 1.165) is 16.9 Å². The standard InChI is InChI=1S/C14H18F2N4/c15-14(16)3-11(4-14)7-18-6-10-1-2-13-19-12(5-17)9-20(13)8-10/h1-2,8-9,11,18H,3-7,17H2. The van der Waals surface area contributed by atoms with Crippen molar-refractivity contribution in [1.82, 2.24) is 14.7 Å². The van der Waals surface area contributed by atoms with Crippen LogP contribution in [0, 0.1) is 5.92 Å². The highest BCUT2D eigenvalue weighted by Crippen LogP contribution is 2.41. The zero-order valence-corrected chi connectivity index (χ0v) is 11.1. The minimum absolute atomic E-state index is 0.0143. The molecule has 2 heterocycles. The molecule has 0 amide bonds. The molecule has 0 bridgehead atoms. The smallest absolute Gasteiger partial charge is 0.248 e. The van der Waals surface area contributed by atoms with Gasteiger partial charge in [-0.25, -0.2) is 13.8 Å². The highest BCUT2D eigenvalue weighted by Gasteiger charge is 2.44. The number of alkyl halides is 2. The predicted molar refractivity (Wildman–Crippen MR) is 72.5 cm³/mol. The van der Waals surface area contributed by atoms with Crippen molar-refractivity contribution in [3.8, 4) is 0 Å². The molecule has 0 unspecified atom stereocenters. The molecule has 1 aliphatic carbocycles. The summed E-state index contributed by atoms with van der Waals surface area (Å²) in [5.74, 6) is -2.33. The molecule has 0 saturated heterocycles. The van der Waals surface area contributed by atoms with Gasteiger partial charge in [0.2, 0.25) is 5.92 Å². The maximum atomic E-state index is 12.7. The quantitative estimate of drug-likeness (QED) is 0.880. The van der Waals surface area contributed by atoms with Crippen molar-refractivity contribution in [2.75, 3.05) is 6.54 Å². The molecule has 0 spiro atoms. The van der Waals surface area contributed by atoms with Crippen LogP contribution in [0.4, 0.5) is 8.78 Å². The highest BCUT2D eigenvalue weighted by molar-refractivity contribution is 5.41. The van der Waals surface area contributed by atoms with Crippen molar-refractivity contribution >= 4 is 5.65 Å². The van der Waals surface area contributed by atoms with E-state index in [1.54, 1.807) is 0 Å². The summed E-state index contributed by atoms with van der Waals surface area (Å²) in [6.07, 6.45) is 3.93. The Morgan fingerprint density at radius 3 is 2.85 bits per heavy atom. The minimum Gasteiger partial charge on any atom is -0.325 e. The SMILES string of the molecule is NCc1cn2cc(CNCC3CC(F)(F)C3)ccc2n1. The van der Waals surface area contributed by atoms with Crippen LogP contribution in [0.5, 0.6) is 0 Å². The number of fused-ring (bicyclic) bond motifs is 1. The third-order valence-corrected chi connectivity index (χ3v) is 3.71. The van der Waals surface area contributed by atoms with E-state index in [2.05, 4.69) is 10.3 Å². The lowest BCUT2D eigenvalue weighted by atomic mass is 9.81. The third-order valence-electron chi connectivity index (χ3n) is 3.71. The van der Waals surface area contributed by atoms with E-state index < -0.39 is 5.92 Å². The third kappa shape index (κ3) is 2.81. The van der Waals surface area contributed by atoms with Gasteiger partial charge >= 0.3 is 0 Å². The van der Waals surface area contributed by atoms with Gasteiger partial charge in [0.1, 0.15) is 5.65 Å². The normalized spacial score (nSPS) is 18.4. The molecule has 108 valence electrons. The zero-order chi connectivity index (χ0) is 14.2. The largest absolute Gasteiger partial charge is 0.325 e. The van der Waals surface area contributed by atoms with Crippen LogP contribution >= 0.6 is 0 Å². The van der Waals surface area contributed by atoms with E-state index in [9.17, 15) is 8.78 Å². The molecule has 3 rings (SSSR count). The average molecular weight is 280 g/mol.